The van der Waals surface area contributed by atoms with E-state index in [9.17, 15) is 14.4 Å². The summed E-state index contributed by atoms with van der Waals surface area (Å²) >= 11 is 0. The van der Waals surface area contributed by atoms with Gasteiger partial charge in [-0.25, -0.2) is 0 Å². The summed E-state index contributed by atoms with van der Waals surface area (Å²) in [6.45, 7) is 2.19. The van der Waals surface area contributed by atoms with E-state index in [0.29, 0.717) is 11.4 Å². The van der Waals surface area contributed by atoms with E-state index < -0.39 is 11.4 Å². The van der Waals surface area contributed by atoms with Crippen LogP contribution in [0.15, 0.2) is 30.3 Å². The molecule has 1 atom stereocenters. The Labute approximate surface area is 187 Å². The van der Waals surface area contributed by atoms with Gasteiger partial charge >= 0.3 is 0 Å². The Morgan fingerprint density at radius 1 is 1.25 bits per heavy atom. The third-order valence-corrected chi connectivity index (χ3v) is 6.55. The molecule has 2 aromatic rings. The van der Waals surface area contributed by atoms with Crippen molar-refractivity contribution in [3.63, 3.8) is 0 Å². The van der Waals surface area contributed by atoms with Gasteiger partial charge in [0.2, 0.25) is 5.91 Å². The predicted molar refractivity (Wildman–Crippen MR) is 117 cm³/mol. The fourth-order valence-electron chi connectivity index (χ4n) is 4.36. The van der Waals surface area contributed by atoms with E-state index in [4.69, 9.17) is 4.74 Å². The number of nitrogens with one attached hydrogen (secondary N) is 2. The van der Waals surface area contributed by atoms with Gasteiger partial charge in [0.25, 0.3) is 11.8 Å². The van der Waals surface area contributed by atoms with Crippen LogP contribution in [0.2, 0.25) is 0 Å². The van der Waals surface area contributed by atoms with Crippen LogP contribution in [0, 0.1) is 0 Å². The molecule has 3 amide bonds. The minimum atomic E-state index is -1.08. The van der Waals surface area contributed by atoms with E-state index in [1.807, 2.05) is 24.3 Å². The van der Waals surface area contributed by atoms with Crippen molar-refractivity contribution >= 4 is 17.7 Å². The van der Waals surface area contributed by atoms with Crippen LogP contribution in [0.5, 0.6) is 5.75 Å². The monoisotopic (exact) mass is 439 g/mol. The number of aromatic nitrogens is 2. The summed E-state index contributed by atoms with van der Waals surface area (Å²) in [6.07, 6.45) is 4.13. The zero-order valence-electron chi connectivity index (χ0n) is 18.7. The average Bonchev–Trinajstić information content (AvgIpc) is 3.46. The van der Waals surface area contributed by atoms with Gasteiger partial charge in [0, 0.05) is 31.3 Å². The summed E-state index contributed by atoms with van der Waals surface area (Å²) in [7, 11) is 3.19. The number of fused-ring (bicyclic) bond motifs is 1. The highest BCUT2D eigenvalue weighted by molar-refractivity contribution is 6.01. The summed E-state index contributed by atoms with van der Waals surface area (Å²) in [4.78, 5) is 40.2. The molecule has 1 aromatic heterocycles. The number of carbonyl (C=O) groups is 3. The first-order valence-electron chi connectivity index (χ1n) is 10.9. The van der Waals surface area contributed by atoms with Gasteiger partial charge in [-0.15, -0.1) is 0 Å². The molecular weight excluding hydrogens is 410 g/mol. The first kappa shape index (κ1) is 21.9. The summed E-state index contributed by atoms with van der Waals surface area (Å²) < 4.78 is 6.78. The van der Waals surface area contributed by atoms with Gasteiger partial charge in [0.05, 0.1) is 13.7 Å². The Bertz CT molecular complexity index is 1040. The number of methoxy groups -OCH3 is 1. The third kappa shape index (κ3) is 3.94. The lowest BCUT2D eigenvalue weighted by Gasteiger charge is -2.41. The number of ether oxygens (including phenoxy) is 1. The molecule has 1 aliphatic heterocycles. The number of amides is 3. The first-order valence-corrected chi connectivity index (χ1v) is 10.9. The standard InChI is InChI=1S/C23H29N5O4/c1-23(22(31)25-16-9-5-6-10-16)14-28-18(21(30)27(23)2)12-17(26-28)20(29)24-13-15-8-4-7-11-19(15)32-3/h4,7-8,11-12,16H,5-6,9-10,13-14H2,1-3H3,(H,24,29)(H,25,31)/t23-/m0/s1. The maximum Gasteiger partial charge on any atom is 0.272 e. The molecule has 0 radical (unpaired) electrons. The SMILES string of the molecule is COc1ccccc1CNC(=O)c1cc2n(n1)C[C@@](C)(C(=O)NC1CCCC1)N(C)C2=O. The van der Waals surface area contributed by atoms with Gasteiger partial charge in [-0.05, 0) is 25.8 Å². The van der Waals surface area contributed by atoms with Gasteiger partial charge in [0.1, 0.15) is 17.0 Å². The predicted octanol–water partition coefficient (Wildman–Crippen LogP) is 1.72. The second kappa shape index (κ2) is 8.64. The van der Waals surface area contributed by atoms with Crippen molar-refractivity contribution in [2.24, 2.45) is 0 Å². The molecule has 2 heterocycles. The van der Waals surface area contributed by atoms with E-state index in [1.54, 1.807) is 21.1 Å². The molecule has 4 rings (SSSR count). The number of carbonyl (C=O) groups excluding carboxylic acids is 3. The number of para-hydroxylation sites is 1. The van der Waals surface area contributed by atoms with Crippen LogP contribution in [0.3, 0.4) is 0 Å². The van der Waals surface area contributed by atoms with E-state index in [0.717, 1.165) is 31.2 Å². The Hall–Kier alpha value is -3.36. The molecule has 32 heavy (non-hydrogen) atoms. The van der Waals surface area contributed by atoms with Crippen molar-refractivity contribution in [1.82, 2.24) is 25.3 Å². The Morgan fingerprint density at radius 2 is 1.97 bits per heavy atom. The van der Waals surface area contributed by atoms with E-state index in [2.05, 4.69) is 15.7 Å². The smallest absolute Gasteiger partial charge is 0.272 e. The molecule has 1 aromatic carbocycles. The molecule has 9 heteroatoms. The minimum Gasteiger partial charge on any atom is -0.496 e. The van der Waals surface area contributed by atoms with E-state index >= 15 is 0 Å². The molecule has 1 saturated carbocycles. The average molecular weight is 440 g/mol. The number of nitrogens with zero attached hydrogens (tertiary/aromatic N) is 3. The molecule has 170 valence electrons. The zero-order chi connectivity index (χ0) is 22.9. The molecule has 2 aliphatic rings. The summed E-state index contributed by atoms with van der Waals surface area (Å²) in [5.74, 6) is -0.247. The highest BCUT2D eigenvalue weighted by Crippen LogP contribution is 2.27. The van der Waals surface area contributed by atoms with Crippen LogP contribution in [-0.4, -0.2) is 58.1 Å². The van der Waals surface area contributed by atoms with Gasteiger partial charge in [0.15, 0.2) is 5.69 Å². The van der Waals surface area contributed by atoms with Crippen molar-refractivity contribution in [3.05, 3.63) is 47.3 Å². The Kier molecular flexibility index (Phi) is 5.90. The third-order valence-electron chi connectivity index (χ3n) is 6.55. The second-order valence-corrected chi connectivity index (χ2v) is 8.66. The maximum atomic E-state index is 13.1. The first-order chi connectivity index (χ1) is 15.3. The van der Waals surface area contributed by atoms with Gasteiger partial charge in [-0.2, -0.15) is 5.10 Å². The van der Waals surface area contributed by atoms with E-state index in [1.165, 1.54) is 15.6 Å². The molecule has 1 aliphatic carbocycles. The van der Waals surface area contributed by atoms with Crippen molar-refractivity contribution in [3.8, 4) is 5.75 Å². The molecule has 1 fully saturated rings. The summed E-state index contributed by atoms with van der Waals surface area (Å²) in [6, 6.07) is 9.04. The minimum absolute atomic E-state index is 0.136. The maximum absolute atomic E-state index is 13.1. The molecule has 0 bridgehead atoms. The second-order valence-electron chi connectivity index (χ2n) is 8.66. The topological polar surface area (TPSA) is 106 Å². The molecule has 2 N–H and O–H groups in total. The number of hydrogen-bond acceptors (Lipinski definition) is 5. The van der Waals surface area contributed by atoms with Crippen LogP contribution in [0.1, 0.15) is 59.1 Å². The van der Waals surface area contributed by atoms with Crippen molar-refractivity contribution in [1.29, 1.82) is 0 Å². The molecular formula is C23H29N5O4. The highest BCUT2D eigenvalue weighted by Gasteiger charge is 2.46. The highest BCUT2D eigenvalue weighted by atomic mass is 16.5. The van der Waals surface area contributed by atoms with Crippen LogP contribution in [-0.2, 0) is 17.9 Å². The van der Waals surface area contributed by atoms with Crippen molar-refractivity contribution < 1.29 is 19.1 Å². The van der Waals surface area contributed by atoms with Crippen LogP contribution >= 0.6 is 0 Å². The molecule has 0 unspecified atom stereocenters. The fourth-order valence-corrected chi connectivity index (χ4v) is 4.36. The number of likely N-dealkylation sites (N-methyl/N-ethyl adjacent to an activating group) is 1. The Balaban J connectivity index is 1.49. The lowest BCUT2D eigenvalue weighted by Crippen LogP contribution is -2.63. The largest absolute Gasteiger partial charge is 0.496 e. The van der Waals surface area contributed by atoms with Crippen LogP contribution in [0.25, 0.3) is 0 Å². The molecule has 0 spiro atoms. The fraction of sp³-hybridized carbons (Fsp3) is 0.478. The lowest BCUT2D eigenvalue weighted by molar-refractivity contribution is -0.133. The number of hydrogen-bond donors (Lipinski definition) is 2. The zero-order valence-corrected chi connectivity index (χ0v) is 18.7. The van der Waals surface area contributed by atoms with Crippen LogP contribution in [0.4, 0.5) is 0 Å². The van der Waals surface area contributed by atoms with E-state index in [-0.39, 0.29) is 36.6 Å². The summed E-state index contributed by atoms with van der Waals surface area (Å²) in [5.41, 5.74) is 0.182. The molecule has 9 nitrogen and oxygen atoms in total. The quantitative estimate of drug-likeness (QED) is 0.713. The van der Waals surface area contributed by atoms with Crippen molar-refractivity contribution in [2.45, 2.75) is 57.3 Å². The normalized spacial score (nSPS) is 20.7. The molecule has 0 saturated heterocycles. The van der Waals surface area contributed by atoms with Crippen LogP contribution < -0.4 is 15.4 Å². The van der Waals surface area contributed by atoms with Gasteiger partial charge < -0.3 is 20.3 Å². The Morgan fingerprint density at radius 3 is 2.69 bits per heavy atom. The van der Waals surface area contributed by atoms with Gasteiger partial charge in [-0.1, -0.05) is 31.0 Å². The van der Waals surface area contributed by atoms with Crippen molar-refractivity contribution in [2.75, 3.05) is 14.2 Å². The summed E-state index contributed by atoms with van der Waals surface area (Å²) in [5, 5.41) is 10.2. The lowest BCUT2D eigenvalue weighted by atomic mass is 9.95. The van der Waals surface area contributed by atoms with Gasteiger partial charge in [-0.3, -0.25) is 19.1 Å². The number of benzene rings is 1. The number of rotatable bonds is 6.